The lowest BCUT2D eigenvalue weighted by atomic mass is 10.1. The van der Waals surface area contributed by atoms with Crippen molar-refractivity contribution in [3.05, 3.63) is 53.6 Å². The third kappa shape index (κ3) is 5.53. The van der Waals surface area contributed by atoms with Crippen LogP contribution in [0.25, 0.3) is 6.08 Å². The number of allylic oxidation sites excluding steroid dienone is 1. The quantitative estimate of drug-likeness (QED) is 0.483. The molecular formula is C23H24O7. The van der Waals surface area contributed by atoms with Gasteiger partial charge in [0.25, 0.3) is 0 Å². The molecule has 1 aliphatic heterocycles. The molecule has 0 atom stereocenters. The number of hydrogen-bond acceptors (Lipinski definition) is 7. The van der Waals surface area contributed by atoms with E-state index in [4.69, 9.17) is 23.7 Å². The summed E-state index contributed by atoms with van der Waals surface area (Å²) in [5, 5.41) is 0. The highest BCUT2D eigenvalue weighted by molar-refractivity contribution is 5.98. The normalized spacial score (nSPS) is 12.9. The van der Waals surface area contributed by atoms with E-state index in [-0.39, 0.29) is 19.0 Å². The molecular weight excluding hydrogens is 388 g/mol. The Labute approximate surface area is 175 Å². The van der Waals surface area contributed by atoms with Crippen LogP contribution >= 0.6 is 0 Å². The second-order valence-corrected chi connectivity index (χ2v) is 6.49. The molecule has 0 bridgehead atoms. The smallest absolute Gasteiger partial charge is 0.344 e. The van der Waals surface area contributed by atoms with Crippen LogP contribution in [0, 0.1) is 0 Å². The van der Waals surface area contributed by atoms with Gasteiger partial charge < -0.3 is 23.7 Å². The fourth-order valence-electron chi connectivity index (χ4n) is 2.84. The molecule has 0 fully saturated rings. The molecule has 0 radical (unpaired) electrons. The van der Waals surface area contributed by atoms with Crippen LogP contribution in [0.4, 0.5) is 0 Å². The van der Waals surface area contributed by atoms with Crippen molar-refractivity contribution in [1.82, 2.24) is 0 Å². The number of Topliss-reactive ketones (excluding diaryl/α,β-unsaturated/α-hetero) is 1. The third-order valence-corrected chi connectivity index (χ3v) is 4.33. The summed E-state index contributed by atoms with van der Waals surface area (Å²) in [7, 11) is 1.52. The van der Waals surface area contributed by atoms with Gasteiger partial charge >= 0.3 is 5.97 Å². The first-order valence-electron chi connectivity index (χ1n) is 9.62. The highest BCUT2D eigenvalue weighted by atomic mass is 16.6. The average Bonchev–Trinajstić information content (AvgIpc) is 3.01. The molecule has 0 unspecified atom stereocenters. The van der Waals surface area contributed by atoms with Crippen molar-refractivity contribution in [3.8, 4) is 23.0 Å². The number of ether oxygens (including phenoxy) is 5. The zero-order valence-electron chi connectivity index (χ0n) is 17.0. The Balaban J connectivity index is 1.52. The van der Waals surface area contributed by atoms with Crippen molar-refractivity contribution in [1.29, 1.82) is 0 Å². The number of carbonyl (C=O) groups is 2. The van der Waals surface area contributed by atoms with Gasteiger partial charge in [0.15, 0.2) is 42.0 Å². The molecule has 0 aliphatic carbocycles. The van der Waals surface area contributed by atoms with Crippen LogP contribution in [0.1, 0.15) is 29.3 Å². The van der Waals surface area contributed by atoms with Gasteiger partial charge in [-0.3, -0.25) is 4.79 Å². The van der Waals surface area contributed by atoms with Crippen LogP contribution in [0.5, 0.6) is 23.0 Å². The maximum Gasteiger partial charge on any atom is 0.344 e. The van der Waals surface area contributed by atoms with Crippen molar-refractivity contribution >= 4 is 17.8 Å². The first kappa shape index (κ1) is 21.2. The summed E-state index contributed by atoms with van der Waals surface area (Å²) in [5.74, 6) is 1.04. The summed E-state index contributed by atoms with van der Waals surface area (Å²) in [6, 6.07) is 10.3. The van der Waals surface area contributed by atoms with Gasteiger partial charge in [-0.15, -0.1) is 0 Å². The van der Waals surface area contributed by atoms with Gasteiger partial charge in [-0.2, -0.15) is 0 Å². The molecule has 2 aromatic carbocycles. The van der Waals surface area contributed by atoms with Crippen LogP contribution in [0.3, 0.4) is 0 Å². The Morgan fingerprint density at radius 1 is 1.00 bits per heavy atom. The third-order valence-electron chi connectivity index (χ3n) is 4.33. The van der Waals surface area contributed by atoms with E-state index in [2.05, 4.69) is 0 Å². The molecule has 7 heteroatoms. The van der Waals surface area contributed by atoms with Crippen molar-refractivity contribution in [3.63, 3.8) is 0 Å². The summed E-state index contributed by atoms with van der Waals surface area (Å²) < 4.78 is 26.9. The van der Waals surface area contributed by atoms with Crippen molar-refractivity contribution in [2.45, 2.75) is 13.3 Å². The molecule has 158 valence electrons. The highest BCUT2D eigenvalue weighted by Crippen LogP contribution is 2.31. The van der Waals surface area contributed by atoms with Crippen molar-refractivity contribution in [2.75, 3.05) is 33.5 Å². The lowest BCUT2D eigenvalue weighted by Gasteiger charge is -2.11. The maximum absolute atomic E-state index is 12.4. The number of hydrogen-bond donors (Lipinski definition) is 0. The molecule has 0 saturated heterocycles. The monoisotopic (exact) mass is 412 g/mol. The standard InChI is InChI=1S/C23H24O7/c1-3-5-16-6-8-19(21(12-16)26-2)29-15-23(25)30-14-18(24)17-7-9-20-22(13-17)28-11-4-10-27-20/h3,5-9,12-13H,4,10-11,14-15H2,1-2H3/b5-3-. The lowest BCUT2D eigenvalue weighted by Crippen LogP contribution is -2.19. The fraction of sp³-hybridized carbons (Fsp3) is 0.304. The van der Waals surface area contributed by atoms with Crippen LogP contribution in [0.2, 0.25) is 0 Å². The lowest BCUT2D eigenvalue weighted by molar-refractivity contribution is -0.144. The number of benzene rings is 2. The zero-order chi connectivity index (χ0) is 21.3. The van der Waals surface area contributed by atoms with Crippen LogP contribution in [0.15, 0.2) is 42.5 Å². The molecule has 7 nitrogen and oxygen atoms in total. The van der Waals surface area contributed by atoms with E-state index >= 15 is 0 Å². The molecule has 0 spiro atoms. The van der Waals surface area contributed by atoms with Gasteiger partial charge in [-0.25, -0.2) is 4.79 Å². The van der Waals surface area contributed by atoms with E-state index in [1.807, 2.05) is 25.1 Å². The van der Waals surface area contributed by atoms with Gasteiger partial charge in [-0.05, 0) is 42.8 Å². The number of methoxy groups -OCH3 is 1. The highest BCUT2D eigenvalue weighted by Gasteiger charge is 2.16. The zero-order valence-corrected chi connectivity index (χ0v) is 17.0. The van der Waals surface area contributed by atoms with Gasteiger partial charge in [0.2, 0.25) is 0 Å². The fourth-order valence-corrected chi connectivity index (χ4v) is 2.84. The van der Waals surface area contributed by atoms with Gasteiger partial charge in [0.05, 0.1) is 20.3 Å². The topological polar surface area (TPSA) is 80.3 Å². The van der Waals surface area contributed by atoms with Crippen molar-refractivity contribution < 1.29 is 33.3 Å². The van der Waals surface area contributed by atoms with Crippen LogP contribution in [-0.2, 0) is 9.53 Å². The molecule has 3 rings (SSSR count). The Kier molecular flexibility index (Phi) is 7.32. The van der Waals surface area contributed by atoms with Crippen LogP contribution < -0.4 is 18.9 Å². The number of esters is 1. The Morgan fingerprint density at radius 2 is 1.80 bits per heavy atom. The maximum atomic E-state index is 12.4. The molecule has 0 aromatic heterocycles. The predicted molar refractivity (Wildman–Crippen MR) is 111 cm³/mol. The molecule has 2 aromatic rings. The van der Waals surface area contributed by atoms with Crippen LogP contribution in [-0.4, -0.2) is 45.3 Å². The van der Waals surface area contributed by atoms with E-state index in [1.165, 1.54) is 7.11 Å². The number of rotatable bonds is 8. The van der Waals surface area contributed by atoms with E-state index in [9.17, 15) is 9.59 Å². The van der Waals surface area contributed by atoms with Gasteiger partial charge in [-0.1, -0.05) is 18.2 Å². The first-order valence-corrected chi connectivity index (χ1v) is 9.62. The SMILES string of the molecule is C/C=C\c1ccc(OCC(=O)OCC(=O)c2ccc3c(c2)OCCCO3)c(OC)c1. The van der Waals surface area contributed by atoms with Gasteiger partial charge in [0.1, 0.15) is 0 Å². The number of ketones is 1. The summed E-state index contributed by atoms with van der Waals surface area (Å²) >= 11 is 0. The van der Waals surface area contributed by atoms with E-state index in [0.717, 1.165) is 12.0 Å². The molecule has 30 heavy (non-hydrogen) atoms. The number of fused-ring (bicyclic) bond motifs is 1. The first-order chi connectivity index (χ1) is 14.6. The summed E-state index contributed by atoms with van der Waals surface area (Å²) in [4.78, 5) is 24.4. The average molecular weight is 412 g/mol. The molecule has 0 N–H and O–H groups in total. The molecule has 1 heterocycles. The second-order valence-electron chi connectivity index (χ2n) is 6.49. The predicted octanol–water partition coefficient (Wildman–Crippen LogP) is 3.69. The molecule has 1 aliphatic rings. The minimum atomic E-state index is -0.655. The minimum absolute atomic E-state index is 0.340. The Bertz CT molecular complexity index is 933. The number of carbonyl (C=O) groups excluding carboxylic acids is 2. The molecule has 0 amide bonds. The largest absolute Gasteiger partial charge is 0.493 e. The van der Waals surface area contributed by atoms with E-state index in [0.29, 0.717) is 41.8 Å². The van der Waals surface area contributed by atoms with E-state index < -0.39 is 5.97 Å². The molecule has 0 saturated carbocycles. The van der Waals surface area contributed by atoms with Gasteiger partial charge in [0, 0.05) is 12.0 Å². The summed E-state index contributed by atoms with van der Waals surface area (Å²) in [6.07, 6.45) is 4.61. The Morgan fingerprint density at radius 3 is 2.57 bits per heavy atom. The van der Waals surface area contributed by atoms with E-state index in [1.54, 1.807) is 30.3 Å². The minimum Gasteiger partial charge on any atom is -0.493 e. The van der Waals surface area contributed by atoms with Crippen molar-refractivity contribution in [2.24, 2.45) is 0 Å². The Hall–Kier alpha value is -3.48. The second kappa shape index (κ2) is 10.3. The summed E-state index contributed by atoms with van der Waals surface area (Å²) in [6.45, 7) is 2.28. The summed E-state index contributed by atoms with van der Waals surface area (Å²) in [5.41, 5.74) is 1.33.